The van der Waals surface area contributed by atoms with Crippen LogP contribution in [-0.4, -0.2) is 25.0 Å². The van der Waals surface area contributed by atoms with Gasteiger partial charge in [-0.2, -0.15) is 0 Å². The third kappa shape index (κ3) is 43.2. The van der Waals surface area contributed by atoms with Crippen LogP contribution in [0.15, 0.2) is 0 Å². The molecule has 0 aliphatic carbocycles. The Bertz CT molecular complexity index is 105. The first-order chi connectivity index (χ1) is 4.54. The van der Waals surface area contributed by atoms with Crippen molar-refractivity contribution in [3.05, 3.63) is 0 Å². The van der Waals surface area contributed by atoms with Gasteiger partial charge in [-0.3, -0.25) is 9.59 Å². The first kappa shape index (κ1) is 16.9. The number of amides is 2. The fourth-order valence-corrected chi connectivity index (χ4v) is 0. The largest absolute Gasteiger partial charge is 2.00 e. The summed E-state index contributed by atoms with van der Waals surface area (Å²) in [6, 6.07) is 0. The van der Waals surface area contributed by atoms with Crippen LogP contribution in [0.25, 0.3) is 0 Å². The summed E-state index contributed by atoms with van der Waals surface area (Å²) in [6.07, 6.45) is 0. The Morgan fingerprint density at radius 2 is 1.09 bits per heavy atom. The molecule has 0 aliphatic heterocycles. The van der Waals surface area contributed by atoms with Gasteiger partial charge in [-0.25, -0.2) is 0 Å². The molecule has 0 saturated carbocycles. The van der Waals surface area contributed by atoms with Crippen LogP contribution in [0.3, 0.4) is 0 Å². The molecule has 4 N–H and O–H groups in total. The SMILES string of the molecule is NC(=O)C[O-].NC(=O)C[O-].[Mo+2]. The van der Waals surface area contributed by atoms with Gasteiger partial charge in [0.05, 0.1) is 0 Å². The van der Waals surface area contributed by atoms with Gasteiger partial charge in [0.15, 0.2) is 0 Å². The summed E-state index contributed by atoms with van der Waals surface area (Å²) in [5.74, 6) is -1.60. The van der Waals surface area contributed by atoms with Gasteiger partial charge in [-0.15, -0.1) is 0 Å². The standard InChI is InChI=1S/2C2H4NO2.Mo/c2*3-2(5)1-4;/h2*1H2,(H2,3,5);/q2*-1;+2. The van der Waals surface area contributed by atoms with Crippen LogP contribution >= 0.6 is 0 Å². The molecule has 0 atom stereocenters. The van der Waals surface area contributed by atoms with Gasteiger partial charge in [0.25, 0.3) is 0 Å². The number of hydrogen-bond acceptors (Lipinski definition) is 4. The van der Waals surface area contributed by atoms with Crippen LogP contribution < -0.4 is 21.7 Å². The Morgan fingerprint density at radius 1 is 1.00 bits per heavy atom. The number of carbonyl (C=O) groups is 2. The summed E-state index contributed by atoms with van der Waals surface area (Å²) in [4.78, 5) is 18.6. The molecule has 0 rings (SSSR count). The van der Waals surface area contributed by atoms with Gasteiger partial charge in [0.2, 0.25) is 11.8 Å². The Morgan fingerprint density at radius 3 is 1.09 bits per heavy atom. The Balaban J connectivity index is -0.000000107. The molecule has 64 valence electrons. The minimum Gasteiger partial charge on any atom is -0.848 e. The summed E-state index contributed by atoms with van der Waals surface area (Å²) in [7, 11) is 0. The van der Waals surface area contributed by atoms with Crippen LogP contribution in [0.1, 0.15) is 0 Å². The molecule has 0 aromatic heterocycles. The van der Waals surface area contributed by atoms with E-state index >= 15 is 0 Å². The molecule has 6 nitrogen and oxygen atoms in total. The molecule has 7 heteroatoms. The van der Waals surface area contributed by atoms with E-state index in [1.165, 1.54) is 0 Å². The molecule has 11 heavy (non-hydrogen) atoms. The monoisotopic (exact) mass is 246 g/mol. The second-order valence-electron chi connectivity index (χ2n) is 1.22. The number of hydrogen-bond donors (Lipinski definition) is 2. The molecule has 0 saturated heterocycles. The number of carbonyl (C=O) groups excluding carboxylic acids is 2. The maximum Gasteiger partial charge on any atom is 2.00 e. The van der Waals surface area contributed by atoms with E-state index < -0.39 is 25.0 Å². The van der Waals surface area contributed by atoms with E-state index in [0.29, 0.717) is 0 Å². The number of rotatable bonds is 2. The smallest absolute Gasteiger partial charge is 0.848 e. The second kappa shape index (κ2) is 12.2. The van der Waals surface area contributed by atoms with E-state index in [4.69, 9.17) is 10.2 Å². The molecule has 0 heterocycles. The van der Waals surface area contributed by atoms with Crippen LogP contribution in [0.2, 0.25) is 0 Å². The van der Waals surface area contributed by atoms with Gasteiger partial charge in [-0.05, 0) is 0 Å². The van der Waals surface area contributed by atoms with Crippen molar-refractivity contribution in [2.24, 2.45) is 11.5 Å². The van der Waals surface area contributed by atoms with E-state index in [1.54, 1.807) is 0 Å². The van der Waals surface area contributed by atoms with Crippen LogP contribution in [0, 0.1) is 0 Å². The molecule has 0 aromatic rings. The summed E-state index contributed by atoms with van der Waals surface area (Å²) >= 11 is 0. The minimum absolute atomic E-state index is 0. The average Bonchev–Trinajstić information content (AvgIpc) is 1.89. The quantitative estimate of drug-likeness (QED) is 0.475. The van der Waals surface area contributed by atoms with Crippen molar-refractivity contribution in [3.8, 4) is 0 Å². The van der Waals surface area contributed by atoms with Gasteiger partial charge >= 0.3 is 21.1 Å². The maximum atomic E-state index is 9.28. The predicted molar refractivity (Wildman–Crippen MR) is 28.1 cm³/mol. The molecule has 2 amide bonds. The van der Waals surface area contributed by atoms with E-state index in [1.807, 2.05) is 0 Å². The molecule has 0 aliphatic rings. The molecule has 0 spiro atoms. The normalized spacial score (nSPS) is 6.73. The summed E-state index contributed by atoms with van der Waals surface area (Å²) in [5, 5.41) is 18.3. The van der Waals surface area contributed by atoms with Gasteiger partial charge in [0.1, 0.15) is 0 Å². The van der Waals surface area contributed by atoms with Gasteiger partial charge in [0, 0.05) is 0 Å². The average molecular weight is 244 g/mol. The Labute approximate surface area is 77.8 Å². The third-order valence-corrected chi connectivity index (χ3v) is 0.285. The van der Waals surface area contributed by atoms with Crippen molar-refractivity contribution < 1.29 is 40.9 Å². The molecule has 0 radical (unpaired) electrons. The van der Waals surface area contributed by atoms with Crippen molar-refractivity contribution in [1.29, 1.82) is 0 Å². The fraction of sp³-hybridized carbons (Fsp3) is 0.500. The number of primary amides is 2. The van der Waals surface area contributed by atoms with Crippen molar-refractivity contribution in [2.75, 3.05) is 13.2 Å². The van der Waals surface area contributed by atoms with Crippen molar-refractivity contribution >= 4 is 11.8 Å². The van der Waals surface area contributed by atoms with Crippen LogP contribution in [0.4, 0.5) is 0 Å². The first-order valence-electron chi connectivity index (χ1n) is 2.27. The van der Waals surface area contributed by atoms with Crippen molar-refractivity contribution in [3.63, 3.8) is 0 Å². The summed E-state index contributed by atoms with van der Waals surface area (Å²) in [5.41, 5.74) is 8.68. The molecule has 0 fully saturated rings. The summed E-state index contributed by atoms with van der Waals surface area (Å²) < 4.78 is 0. The van der Waals surface area contributed by atoms with E-state index in [0.717, 1.165) is 0 Å². The second-order valence-corrected chi connectivity index (χ2v) is 1.22. The molecule has 0 bridgehead atoms. The van der Waals surface area contributed by atoms with Gasteiger partial charge in [-0.1, -0.05) is 13.2 Å². The fourth-order valence-electron chi connectivity index (χ4n) is 0. The minimum atomic E-state index is -0.806. The topological polar surface area (TPSA) is 132 Å². The maximum absolute atomic E-state index is 9.28. The molecule has 0 aromatic carbocycles. The van der Waals surface area contributed by atoms with Gasteiger partial charge < -0.3 is 21.7 Å². The number of nitrogens with two attached hydrogens (primary N) is 2. The van der Waals surface area contributed by atoms with Crippen LogP contribution in [-0.2, 0) is 30.7 Å². The zero-order valence-corrected chi connectivity index (χ0v) is 7.62. The summed E-state index contributed by atoms with van der Waals surface area (Å²) in [6.45, 7) is -1.61. The van der Waals surface area contributed by atoms with Crippen LogP contribution in [0.5, 0.6) is 0 Å². The van der Waals surface area contributed by atoms with E-state index in [-0.39, 0.29) is 21.1 Å². The van der Waals surface area contributed by atoms with Crippen molar-refractivity contribution in [2.45, 2.75) is 0 Å². The Hall–Kier alpha value is -0.452. The van der Waals surface area contributed by atoms with E-state index in [2.05, 4.69) is 11.5 Å². The van der Waals surface area contributed by atoms with Crippen molar-refractivity contribution in [1.82, 2.24) is 0 Å². The zero-order valence-electron chi connectivity index (χ0n) is 5.61. The van der Waals surface area contributed by atoms with E-state index in [9.17, 15) is 9.59 Å². The zero-order chi connectivity index (χ0) is 8.57. The molecular weight excluding hydrogens is 236 g/mol. The third-order valence-electron chi connectivity index (χ3n) is 0.285. The Kier molecular flexibility index (Phi) is 18.8. The molecule has 0 unspecified atom stereocenters. The first-order valence-corrected chi connectivity index (χ1v) is 2.27. The predicted octanol–water partition coefficient (Wildman–Crippen LogP) is -4.34. The molecular formula is C4H8MoN2O4.